The van der Waals surface area contributed by atoms with Crippen LogP contribution in [-0.4, -0.2) is 61.5 Å². The first-order chi connectivity index (χ1) is 15.2. The molecule has 2 aromatic rings. The number of methoxy groups -OCH3 is 1. The van der Waals surface area contributed by atoms with Gasteiger partial charge in [-0.15, -0.1) is 0 Å². The van der Waals surface area contributed by atoms with Gasteiger partial charge < -0.3 is 19.5 Å². The number of carbonyl (C=O) groups excluding carboxylic acids is 1. The second kappa shape index (κ2) is 8.61. The predicted molar refractivity (Wildman–Crippen MR) is 118 cm³/mol. The Morgan fingerprint density at radius 1 is 1.13 bits per heavy atom. The molecule has 0 saturated carbocycles. The average molecular weight is 423 g/mol. The summed E-state index contributed by atoms with van der Waals surface area (Å²) in [5, 5.41) is 10.2. The standard InChI is InChI=1S/C25H30N2O4/c1-30-23-9-5-2-6-18(23)14-26-21-15-27(25(29)17-10-12-31-13-11-17)20-8-4-3-7-19(20)24(21)22(26)16-28/h2-9,17,21-22,24,28H,10-16H2,1H3/t21-,22-,24+/m0/s1. The third-order valence-corrected chi connectivity index (χ3v) is 7.21. The highest BCUT2D eigenvalue weighted by Crippen LogP contribution is 2.49. The summed E-state index contributed by atoms with van der Waals surface area (Å²) >= 11 is 0. The van der Waals surface area contributed by atoms with Gasteiger partial charge in [-0.25, -0.2) is 0 Å². The van der Waals surface area contributed by atoms with Crippen molar-refractivity contribution >= 4 is 11.6 Å². The molecule has 31 heavy (non-hydrogen) atoms. The number of aliphatic hydroxyl groups excluding tert-OH is 1. The number of likely N-dealkylation sites (tertiary alicyclic amines) is 1. The van der Waals surface area contributed by atoms with E-state index in [0.717, 1.165) is 29.8 Å². The van der Waals surface area contributed by atoms with E-state index in [1.54, 1.807) is 7.11 Å². The molecule has 6 nitrogen and oxygen atoms in total. The second-order valence-corrected chi connectivity index (χ2v) is 8.72. The number of rotatable bonds is 5. The number of fused-ring (bicyclic) bond motifs is 3. The highest BCUT2D eigenvalue weighted by atomic mass is 16.5. The molecule has 3 atom stereocenters. The Morgan fingerprint density at radius 3 is 2.65 bits per heavy atom. The maximum Gasteiger partial charge on any atom is 0.230 e. The van der Waals surface area contributed by atoms with Gasteiger partial charge in [-0.05, 0) is 30.5 Å². The number of amides is 1. The van der Waals surface area contributed by atoms with E-state index in [2.05, 4.69) is 23.1 Å². The minimum Gasteiger partial charge on any atom is -0.496 e. The number of hydrogen-bond acceptors (Lipinski definition) is 5. The number of carbonyl (C=O) groups is 1. The fourth-order valence-electron chi connectivity index (χ4n) is 5.60. The highest BCUT2D eigenvalue weighted by molar-refractivity contribution is 5.96. The van der Waals surface area contributed by atoms with E-state index >= 15 is 0 Å². The van der Waals surface area contributed by atoms with Crippen LogP contribution in [0.1, 0.15) is 29.9 Å². The third-order valence-electron chi connectivity index (χ3n) is 7.21. The van der Waals surface area contributed by atoms with Crippen LogP contribution < -0.4 is 9.64 Å². The zero-order valence-corrected chi connectivity index (χ0v) is 17.9. The molecule has 0 aliphatic carbocycles. The molecule has 0 unspecified atom stereocenters. The van der Waals surface area contributed by atoms with Crippen molar-refractivity contribution in [3.63, 3.8) is 0 Å². The summed E-state index contributed by atoms with van der Waals surface area (Å²) in [6.07, 6.45) is 1.57. The van der Waals surface area contributed by atoms with Gasteiger partial charge in [-0.2, -0.15) is 0 Å². The normalized spacial score (nSPS) is 26.0. The fraction of sp³-hybridized carbons (Fsp3) is 0.480. The van der Waals surface area contributed by atoms with Crippen molar-refractivity contribution < 1.29 is 19.4 Å². The van der Waals surface area contributed by atoms with Gasteiger partial charge in [0, 0.05) is 61.5 Å². The highest BCUT2D eigenvalue weighted by Gasteiger charge is 2.53. The molecule has 6 heteroatoms. The van der Waals surface area contributed by atoms with Crippen molar-refractivity contribution in [3.05, 3.63) is 59.7 Å². The molecule has 0 bridgehead atoms. The predicted octanol–water partition coefficient (Wildman–Crippen LogP) is 2.80. The molecule has 164 valence electrons. The van der Waals surface area contributed by atoms with Crippen LogP contribution in [0.15, 0.2) is 48.5 Å². The third kappa shape index (κ3) is 3.53. The van der Waals surface area contributed by atoms with Gasteiger partial charge in [0.2, 0.25) is 5.91 Å². The van der Waals surface area contributed by atoms with E-state index in [4.69, 9.17) is 9.47 Å². The first-order valence-corrected chi connectivity index (χ1v) is 11.2. The largest absolute Gasteiger partial charge is 0.496 e. The Bertz CT molecular complexity index is 943. The van der Waals surface area contributed by atoms with Crippen LogP contribution in [0.5, 0.6) is 5.75 Å². The van der Waals surface area contributed by atoms with Gasteiger partial charge in [-0.1, -0.05) is 36.4 Å². The maximum absolute atomic E-state index is 13.5. The number of nitrogens with zero attached hydrogens (tertiary/aromatic N) is 2. The molecule has 0 aromatic heterocycles. The van der Waals surface area contributed by atoms with E-state index in [1.165, 1.54) is 5.56 Å². The van der Waals surface area contributed by atoms with Crippen LogP contribution >= 0.6 is 0 Å². The van der Waals surface area contributed by atoms with E-state index in [1.807, 2.05) is 35.2 Å². The van der Waals surface area contributed by atoms with E-state index in [0.29, 0.717) is 26.3 Å². The van der Waals surface area contributed by atoms with Crippen molar-refractivity contribution in [2.24, 2.45) is 5.92 Å². The van der Waals surface area contributed by atoms with Crippen LogP contribution in [0.2, 0.25) is 0 Å². The van der Waals surface area contributed by atoms with E-state index in [9.17, 15) is 9.90 Å². The quantitative estimate of drug-likeness (QED) is 0.803. The Hall–Kier alpha value is -2.41. The van der Waals surface area contributed by atoms with Crippen LogP contribution in [0.3, 0.4) is 0 Å². The summed E-state index contributed by atoms with van der Waals surface area (Å²) in [5.41, 5.74) is 3.29. The fourth-order valence-corrected chi connectivity index (χ4v) is 5.60. The van der Waals surface area contributed by atoms with Crippen molar-refractivity contribution in [2.45, 2.75) is 37.4 Å². The summed E-state index contributed by atoms with van der Waals surface area (Å²) in [6, 6.07) is 16.5. The average Bonchev–Trinajstić information content (AvgIpc) is 2.83. The molecule has 2 saturated heterocycles. The van der Waals surface area contributed by atoms with Crippen LogP contribution in [0, 0.1) is 5.92 Å². The van der Waals surface area contributed by atoms with Gasteiger partial charge in [0.15, 0.2) is 0 Å². The van der Waals surface area contributed by atoms with Crippen LogP contribution in [-0.2, 0) is 16.1 Å². The van der Waals surface area contributed by atoms with Gasteiger partial charge >= 0.3 is 0 Å². The molecule has 1 amide bonds. The van der Waals surface area contributed by atoms with Gasteiger partial charge in [0.05, 0.1) is 13.7 Å². The number of para-hydroxylation sites is 2. The second-order valence-electron chi connectivity index (χ2n) is 8.72. The molecular weight excluding hydrogens is 392 g/mol. The monoisotopic (exact) mass is 422 g/mol. The summed E-state index contributed by atoms with van der Waals surface area (Å²) < 4.78 is 11.0. The lowest BCUT2D eigenvalue weighted by molar-refractivity contribution is -0.126. The van der Waals surface area contributed by atoms with Crippen molar-refractivity contribution in [1.29, 1.82) is 0 Å². The molecule has 5 rings (SSSR count). The minimum atomic E-state index is 0.0229. The topological polar surface area (TPSA) is 62.2 Å². The maximum atomic E-state index is 13.5. The first kappa shape index (κ1) is 20.5. The Labute approximate surface area is 183 Å². The Morgan fingerprint density at radius 2 is 1.87 bits per heavy atom. The Kier molecular flexibility index (Phi) is 5.69. The molecule has 0 spiro atoms. The number of anilines is 1. The molecule has 0 radical (unpaired) electrons. The molecule has 3 heterocycles. The smallest absolute Gasteiger partial charge is 0.230 e. The lowest BCUT2D eigenvalue weighted by Gasteiger charge is -2.59. The molecule has 3 aliphatic heterocycles. The number of benzene rings is 2. The van der Waals surface area contributed by atoms with Gasteiger partial charge in [-0.3, -0.25) is 9.69 Å². The van der Waals surface area contributed by atoms with Gasteiger partial charge in [0.25, 0.3) is 0 Å². The van der Waals surface area contributed by atoms with E-state index < -0.39 is 0 Å². The van der Waals surface area contributed by atoms with Crippen molar-refractivity contribution in [3.8, 4) is 5.75 Å². The number of ether oxygens (including phenoxy) is 2. The molecule has 3 aliphatic rings. The molecule has 2 fully saturated rings. The molecule has 1 N–H and O–H groups in total. The Balaban J connectivity index is 1.45. The van der Waals surface area contributed by atoms with Crippen LogP contribution in [0.25, 0.3) is 0 Å². The van der Waals surface area contributed by atoms with Crippen molar-refractivity contribution in [2.75, 3.05) is 38.4 Å². The molecular formula is C25H30N2O4. The number of aliphatic hydroxyl groups is 1. The molecule has 2 aromatic carbocycles. The summed E-state index contributed by atoms with van der Waals surface area (Å²) in [7, 11) is 1.69. The minimum absolute atomic E-state index is 0.0229. The SMILES string of the molecule is COc1ccccc1CN1[C@@H](CO)[C@@H]2c3ccccc3N(C(=O)C3CCOCC3)C[C@@H]21. The number of hydrogen-bond donors (Lipinski definition) is 1. The van der Waals surface area contributed by atoms with Crippen LogP contribution in [0.4, 0.5) is 5.69 Å². The lowest BCUT2D eigenvalue weighted by atomic mass is 9.71. The zero-order valence-electron chi connectivity index (χ0n) is 17.9. The first-order valence-electron chi connectivity index (χ1n) is 11.2. The summed E-state index contributed by atoms with van der Waals surface area (Å²) in [4.78, 5) is 17.8. The summed E-state index contributed by atoms with van der Waals surface area (Å²) in [5.74, 6) is 1.32. The summed E-state index contributed by atoms with van der Waals surface area (Å²) in [6.45, 7) is 2.76. The zero-order chi connectivity index (χ0) is 21.4. The van der Waals surface area contributed by atoms with Crippen molar-refractivity contribution in [1.82, 2.24) is 4.90 Å². The lowest BCUT2D eigenvalue weighted by Crippen LogP contribution is -2.69. The van der Waals surface area contributed by atoms with Gasteiger partial charge in [0.1, 0.15) is 5.75 Å². The van der Waals surface area contributed by atoms with E-state index in [-0.39, 0.29) is 36.4 Å².